The molecule has 3 nitrogen and oxygen atoms in total. The van der Waals surface area contributed by atoms with Gasteiger partial charge < -0.3 is 10.3 Å². The zero-order valence-corrected chi connectivity index (χ0v) is 12.5. The molecule has 3 aromatic rings. The summed E-state index contributed by atoms with van der Waals surface area (Å²) in [5.74, 6) is 0.607. The van der Waals surface area contributed by atoms with E-state index in [1.807, 2.05) is 12.1 Å². The first kappa shape index (κ1) is 12.0. The summed E-state index contributed by atoms with van der Waals surface area (Å²) in [6.45, 7) is 0. The van der Waals surface area contributed by atoms with Crippen molar-refractivity contribution in [3.8, 4) is 0 Å². The number of benzene rings is 2. The number of nitrogen functional groups attached to an aromatic ring is 1. The van der Waals surface area contributed by atoms with Crippen LogP contribution in [0.4, 0.5) is 5.95 Å². The van der Waals surface area contributed by atoms with Crippen molar-refractivity contribution < 1.29 is 0 Å². The van der Waals surface area contributed by atoms with Crippen LogP contribution < -0.4 is 5.73 Å². The van der Waals surface area contributed by atoms with Crippen molar-refractivity contribution in [1.29, 1.82) is 0 Å². The Labute approximate surface area is 125 Å². The lowest BCUT2D eigenvalue weighted by Crippen LogP contribution is -2.11. The Morgan fingerprint density at radius 1 is 1.10 bits per heavy atom. The molecule has 1 aliphatic rings. The molecule has 4 rings (SSSR count). The number of imidazole rings is 1. The molecule has 0 bridgehead atoms. The zero-order valence-electron chi connectivity index (χ0n) is 10.9. The van der Waals surface area contributed by atoms with Crippen molar-refractivity contribution in [3.63, 3.8) is 0 Å². The molecule has 2 N–H and O–H groups in total. The van der Waals surface area contributed by atoms with Gasteiger partial charge >= 0.3 is 0 Å². The number of hydrogen-bond donors (Lipinski definition) is 1. The Morgan fingerprint density at radius 2 is 1.80 bits per heavy atom. The average Bonchev–Trinajstić information content (AvgIpc) is 2.97. The number of hydrogen-bond acceptors (Lipinski definition) is 2. The molecule has 0 aliphatic heterocycles. The SMILES string of the molecule is Nc1nc2cc(Br)ccc2n1C1Cc2ccccc2C1. The molecule has 0 saturated carbocycles. The molecule has 20 heavy (non-hydrogen) atoms. The van der Waals surface area contributed by atoms with Gasteiger partial charge in [-0.15, -0.1) is 0 Å². The first-order chi connectivity index (χ1) is 9.72. The second kappa shape index (κ2) is 4.35. The lowest BCUT2D eigenvalue weighted by molar-refractivity contribution is 0.550. The molecule has 1 aromatic heterocycles. The van der Waals surface area contributed by atoms with Crippen LogP contribution in [-0.2, 0) is 12.8 Å². The minimum Gasteiger partial charge on any atom is -0.369 e. The van der Waals surface area contributed by atoms with E-state index in [1.54, 1.807) is 0 Å². The van der Waals surface area contributed by atoms with Gasteiger partial charge in [-0.2, -0.15) is 0 Å². The predicted molar refractivity (Wildman–Crippen MR) is 84.7 cm³/mol. The summed E-state index contributed by atoms with van der Waals surface area (Å²) in [6, 6.07) is 15.2. The number of anilines is 1. The Balaban J connectivity index is 1.83. The maximum Gasteiger partial charge on any atom is 0.201 e. The molecule has 4 heteroatoms. The molecule has 0 unspecified atom stereocenters. The fraction of sp³-hybridized carbons (Fsp3) is 0.188. The van der Waals surface area contributed by atoms with Crippen molar-refractivity contribution in [1.82, 2.24) is 9.55 Å². The van der Waals surface area contributed by atoms with Gasteiger partial charge in [-0.25, -0.2) is 4.98 Å². The summed E-state index contributed by atoms with van der Waals surface area (Å²) in [6.07, 6.45) is 2.06. The number of nitrogens with zero attached hydrogens (tertiary/aromatic N) is 2. The molecule has 0 fully saturated rings. The van der Waals surface area contributed by atoms with E-state index in [-0.39, 0.29) is 0 Å². The summed E-state index contributed by atoms with van der Waals surface area (Å²) >= 11 is 3.48. The molecular formula is C16H14BrN3. The number of halogens is 1. The van der Waals surface area contributed by atoms with Crippen molar-refractivity contribution in [2.45, 2.75) is 18.9 Å². The van der Waals surface area contributed by atoms with Crippen LogP contribution in [0.3, 0.4) is 0 Å². The molecule has 1 heterocycles. The molecule has 0 atom stereocenters. The number of fused-ring (bicyclic) bond motifs is 2. The lowest BCUT2D eigenvalue weighted by Gasteiger charge is -2.14. The van der Waals surface area contributed by atoms with E-state index >= 15 is 0 Å². The van der Waals surface area contributed by atoms with Crippen LogP contribution in [0.25, 0.3) is 11.0 Å². The van der Waals surface area contributed by atoms with Crippen LogP contribution in [0, 0.1) is 0 Å². The molecule has 0 spiro atoms. The summed E-state index contributed by atoms with van der Waals surface area (Å²) in [7, 11) is 0. The van der Waals surface area contributed by atoms with Crippen LogP contribution in [-0.4, -0.2) is 9.55 Å². The Kier molecular flexibility index (Phi) is 2.60. The van der Waals surface area contributed by atoms with Gasteiger partial charge in [0.05, 0.1) is 11.0 Å². The van der Waals surface area contributed by atoms with Crippen LogP contribution >= 0.6 is 15.9 Å². The minimum atomic E-state index is 0.374. The van der Waals surface area contributed by atoms with Gasteiger partial charge in [-0.1, -0.05) is 40.2 Å². The summed E-state index contributed by atoms with van der Waals surface area (Å²) in [5.41, 5.74) is 11.1. The molecular weight excluding hydrogens is 314 g/mol. The van der Waals surface area contributed by atoms with E-state index in [1.165, 1.54) is 11.1 Å². The number of rotatable bonds is 1. The first-order valence-electron chi connectivity index (χ1n) is 6.72. The monoisotopic (exact) mass is 327 g/mol. The van der Waals surface area contributed by atoms with Gasteiger partial charge in [0.15, 0.2) is 0 Å². The second-order valence-electron chi connectivity index (χ2n) is 5.30. The van der Waals surface area contributed by atoms with E-state index < -0.39 is 0 Å². The molecule has 100 valence electrons. The van der Waals surface area contributed by atoms with Gasteiger partial charge in [0.1, 0.15) is 0 Å². The van der Waals surface area contributed by atoms with Gasteiger partial charge in [0.25, 0.3) is 0 Å². The quantitative estimate of drug-likeness (QED) is 0.740. The van der Waals surface area contributed by atoms with Crippen LogP contribution in [0.2, 0.25) is 0 Å². The van der Waals surface area contributed by atoms with E-state index in [2.05, 4.69) is 55.8 Å². The van der Waals surface area contributed by atoms with Gasteiger partial charge in [0, 0.05) is 10.5 Å². The number of aromatic nitrogens is 2. The highest BCUT2D eigenvalue weighted by molar-refractivity contribution is 9.10. The highest BCUT2D eigenvalue weighted by Crippen LogP contribution is 2.34. The molecule has 2 aromatic carbocycles. The van der Waals surface area contributed by atoms with E-state index in [0.29, 0.717) is 12.0 Å². The van der Waals surface area contributed by atoms with Crippen molar-refractivity contribution in [3.05, 3.63) is 58.1 Å². The largest absolute Gasteiger partial charge is 0.369 e. The fourth-order valence-electron chi connectivity index (χ4n) is 3.19. The van der Waals surface area contributed by atoms with E-state index in [0.717, 1.165) is 28.3 Å². The summed E-state index contributed by atoms with van der Waals surface area (Å²) in [5, 5.41) is 0. The Bertz CT molecular complexity index is 782. The topological polar surface area (TPSA) is 43.8 Å². The predicted octanol–water partition coefficient (Wildman–Crippen LogP) is 3.72. The third-order valence-electron chi connectivity index (χ3n) is 4.07. The second-order valence-corrected chi connectivity index (χ2v) is 6.22. The van der Waals surface area contributed by atoms with Crippen molar-refractivity contribution in [2.24, 2.45) is 0 Å². The Hall–Kier alpha value is -1.81. The maximum absolute atomic E-state index is 6.15. The van der Waals surface area contributed by atoms with Crippen molar-refractivity contribution in [2.75, 3.05) is 5.73 Å². The van der Waals surface area contributed by atoms with Gasteiger partial charge in [-0.05, 0) is 42.2 Å². The highest BCUT2D eigenvalue weighted by Gasteiger charge is 2.25. The Morgan fingerprint density at radius 3 is 2.50 bits per heavy atom. The third kappa shape index (κ3) is 1.75. The lowest BCUT2D eigenvalue weighted by atomic mass is 10.1. The van der Waals surface area contributed by atoms with Gasteiger partial charge in [0.2, 0.25) is 5.95 Å². The van der Waals surface area contributed by atoms with Crippen LogP contribution in [0.5, 0.6) is 0 Å². The first-order valence-corrected chi connectivity index (χ1v) is 7.51. The standard InChI is InChI=1S/C16H14BrN3/c17-12-5-6-15-14(9-12)19-16(18)20(15)13-7-10-3-1-2-4-11(10)8-13/h1-6,9,13H,7-8H2,(H2,18,19). The number of nitrogens with two attached hydrogens (primary N) is 1. The minimum absolute atomic E-state index is 0.374. The zero-order chi connectivity index (χ0) is 13.7. The highest BCUT2D eigenvalue weighted by atomic mass is 79.9. The van der Waals surface area contributed by atoms with E-state index in [4.69, 9.17) is 5.73 Å². The van der Waals surface area contributed by atoms with Crippen LogP contribution in [0.1, 0.15) is 17.2 Å². The maximum atomic E-state index is 6.15. The molecule has 0 radical (unpaired) electrons. The normalized spacial score (nSPS) is 14.8. The fourth-order valence-corrected chi connectivity index (χ4v) is 3.54. The van der Waals surface area contributed by atoms with Crippen molar-refractivity contribution >= 4 is 32.9 Å². The third-order valence-corrected chi connectivity index (χ3v) is 4.57. The summed E-state index contributed by atoms with van der Waals surface area (Å²) in [4.78, 5) is 4.49. The molecule has 0 saturated heterocycles. The molecule has 1 aliphatic carbocycles. The summed E-state index contributed by atoms with van der Waals surface area (Å²) < 4.78 is 3.21. The molecule has 0 amide bonds. The average molecular weight is 328 g/mol. The van der Waals surface area contributed by atoms with Crippen LogP contribution in [0.15, 0.2) is 46.9 Å². The van der Waals surface area contributed by atoms with E-state index in [9.17, 15) is 0 Å². The smallest absolute Gasteiger partial charge is 0.201 e. The van der Waals surface area contributed by atoms with Gasteiger partial charge in [-0.3, -0.25) is 0 Å².